The summed E-state index contributed by atoms with van der Waals surface area (Å²) in [6, 6.07) is 8.15. The lowest BCUT2D eigenvalue weighted by Gasteiger charge is -2.16. The molecule has 2 N–H and O–H groups in total. The maximum absolute atomic E-state index is 12.7. The van der Waals surface area contributed by atoms with Crippen molar-refractivity contribution >= 4 is 65.9 Å². The highest BCUT2D eigenvalue weighted by Crippen LogP contribution is 2.36. The molecule has 11 heteroatoms. The molecule has 2 aromatic carbocycles. The molecule has 0 spiro atoms. The number of barbiturate groups is 1. The van der Waals surface area contributed by atoms with Crippen molar-refractivity contribution in [2.24, 2.45) is 0 Å². The van der Waals surface area contributed by atoms with Gasteiger partial charge in [0.1, 0.15) is 10.5 Å². The zero-order valence-corrected chi connectivity index (χ0v) is 18.6. The van der Waals surface area contributed by atoms with Crippen LogP contribution >= 0.6 is 31.9 Å². The SMILES string of the molecule is Cc1ccc(S(=O)(=O)Oc2c(Br)cc(Br)cc2C=C2C(=O)NC(=O)NC2=O)cc1. The summed E-state index contributed by atoms with van der Waals surface area (Å²) in [5.74, 6) is -1.96. The molecule has 3 rings (SSSR count). The van der Waals surface area contributed by atoms with Gasteiger partial charge in [-0.15, -0.1) is 0 Å². The second kappa shape index (κ2) is 8.09. The van der Waals surface area contributed by atoms with E-state index in [0.29, 0.717) is 4.47 Å². The lowest BCUT2D eigenvalue weighted by Crippen LogP contribution is -2.51. The minimum Gasteiger partial charge on any atom is -0.377 e. The van der Waals surface area contributed by atoms with Crippen molar-refractivity contribution in [1.29, 1.82) is 0 Å². The molecule has 2 aromatic rings. The van der Waals surface area contributed by atoms with E-state index < -0.39 is 28.0 Å². The summed E-state index contributed by atoms with van der Waals surface area (Å²) in [5, 5.41) is 3.89. The first-order chi connectivity index (χ1) is 13.6. The van der Waals surface area contributed by atoms with E-state index >= 15 is 0 Å². The molecule has 0 bridgehead atoms. The van der Waals surface area contributed by atoms with Gasteiger partial charge in [-0.05, 0) is 53.2 Å². The van der Waals surface area contributed by atoms with Crippen LogP contribution in [0, 0.1) is 6.92 Å². The molecule has 0 aliphatic carbocycles. The number of benzene rings is 2. The Hall–Kier alpha value is -2.50. The monoisotopic (exact) mass is 542 g/mol. The fourth-order valence-corrected chi connectivity index (χ4v) is 4.82. The van der Waals surface area contributed by atoms with Crippen molar-refractivity contribution in [1.82, 2.24) is 10.6 Å². The molecule has 1 fully saturated rings. The largest absolute Gasteiger partial charge is 0.377 e. The molecule has 4 amide bonds. The third kappa shape index (κ3) is 4.74. The number of rotatable bonds is 4. The van der Waals surface area contributed by atoms with E-state index in [0.717, 1.165) is 11.6 Å². The fourth-order valence-electron chi connectivity index (χ4n) is 2.40. The van der Waals surface area contributed by atoms with Crippen LogP contribution in [0.4, 0.5) is 4.79 Å². The first kappa shape index (κ1) is 21.2. The molecule has 0 aromatic heterocycles. The van der Waals surface area contributed by atoms with Crippen LogP contribution in [0.25, 0.3) is 6.08 Å². The van der Waals surface area contributed by atoms with Gasteiger partial charge in [0, 0.05) is 10.0 Å². The third-order valence-electron chi connectivity index (χ3n) is 3.78. The number of hydrogen-bond donors (Lipinski definition) is 2. The van der Waals surface area contributed by atoms with Crippen molar-refractivity contribution in [2.75, 3.05) is 0 Å². The Labute approximate surface area is 182 Å². The number of nitrogens with one attached hydrogen (secondary N) is 2. The molecular weight excluding hydrogens is 532 g/mol. The maximum Gasteiger partial charge on any atom is 0.339 e. The van der Waals surface area contributed by atoms with Gasteiger partial charge in [-0.2, -0.15) is 8.42 Å². The summed E-state index contributed by atoms with van der Waals surface area (Å²) < 4.78 is 31.5. The Morgan fingerprint density at radius 3 is 2.14 bits per heavy atom. The van der Waals surface area contributed by atoms with Crippen molar-refractivity contribution in [3.63, 3.8) is 0 Å². The highest BCUT2D eigenvalue weighted by molar-refractivity contribution is 9.11. The Morgan fingerprint density at radius 2 is 1.55 bits per heavy atom. The zero-order valence-electron chi connectivity index (χ0n) is 14.7. The summed E-state index contributed by atoms with van der Waals surface area (Å²) in [7, 11) is -4.19. The van der Waals surface area contributed by atoms with E-state index in [1.165, 1.54) is 18.2 Å². The van der Waals surface area contributed by atoms with Gasteiger partial charge in [0.2, 0.25) is 0 Å². The Balaban J connectivity index is 2.07. The second-order valence-electron chi connectivity index (χ2n) is 5.95. The Bertz CT molecular complexity index is 1150. The molecule has 0 saturated carbocycles. The van der Waals surface area contributed by atoms with Crippen molar-refractivity contribution in [3.8, 4) is 5.75 Å². The molecule has 1 aliphatic rings. The van der Waals surface area contributed by atoms with E-state index in [1.807, 2.05) is 17.6 Å². The normalized spacial score (nSPS) is 14.3. The van der Waals surface area contributed by atoms with Gasteiger partial charge >= 0.3 is 16.1 Å². The summed E-state index contributed by atoms with van der Waals surface area (Å²) in [4.78, 5) is 35.1. The van der Waals surface area contributed by atoms with Crippen LogP contribution in [0.2, 0.25) is 0 Å². The highest BCUT2D eigenvalue weighted by Gasteiger charge is 2.29. The van der Waals surface area contributed by atoms with Crippen LogP contribution < -0.4 is 14.8 Å². The number of amides is 4. The lowest BCUT2D eigenvalue weighted by molar-refractivity contribution is -0.123. The van der Waals surface area contributed by atoms with E-state index in [2.05, 4.69) is 31.9 Å². The van der Waals surface area contributed by atoms with Crippen molar-refractivity contribution in [3.05, 3.63) is 62.0 Å². The number of aryl methyl sites for hydroxylation is 1. The molecule has 1 saturated heterocycles. The molecule has 1 aliphatic heterocycles. The lowest BCUT2D eigenvalue weighted by atomic mass is 10.1. The number of imide groups is 2. The molecule has 0 atom stereocenters. The third-order valence-corrected chi connectivity index (χ3v) is 6.07. The Kier molecular flexibility index (Phi) is 5.92. The van der Waals surface area contributed by atoms with Gasteiger partial charge in [0.25, 0.3) is 11.8 Å². The van der Waals surface area contributed by atoms with Crippen LogP contribution in [-0.4, -0.2) is 26.3 Å². The van der Waals surface area contributed by atoms with E-state index in [4.69, 9.17) is 4.18 Å². The average Bonchev–Trinajstić information content (AvgIpc) is 2.61. The number of carbonyl (C=O) groups is 3. The van der Waals surface area contributed by atoms with Crippen LogP contribution in [-0.2, 0) is 19.7 Å². The van der Waals surface area contributed by atoms with Crippen LogP contribution in [0.1, 0.15) is 11.1 Å². The summed E-state index contributed by atoms with van der Waals surface area (Å²) in [6.07, 6.45) is 1.13. The minimum absolute atomic E-state index is 0.0599. The minimum atomic E-state index is -4.19. The van der Waals surface area contributed by atoms with Gasteiger partial charge in [-0.1, -0.05) is 33.6 Å². The number of urea groups is 1. The van der Waals surface area contributed by atoms with E-state index in [1.54, 1.807) is 18.2 Å². The number of halogens is 2. The van der Waals surface area contributed by atoms with Gasteiger partial charge < -0.3 is 4.18 Å². The standard InChI is InChI=1S/C18H12Br2N2O6S/c1-9-2-4-12(5-3-9)29(26,27)28-15-10(6-11(19)8-14(15)20)7-13-16(23)21-18(25)22-17(13)24/h2-8H,1H3,(H2,21,22,23,24,25). The molecule has 0 radical (unpaired) electrons. The molecule has 1 heterocycles. The van der Waals surface area contributed by atoms with Crippen LogP contribution in [0.15, 0.2) is 55.8 Å². The van der Waals surface area contributed by atoms with Crippen LogP contribution in [0.5, 0.6) is 5.75 Å². The molecule has 29 heavy (non-hydrogen) atoms. The number of hydrogen-bond acceptors (Lipinski definition) is 6. The van der Waals surface area contributed by atoms with Crippen LogP contribution in [0.3, 0.4) is 0 Å². The second-order valence-corrected chi connectivity index (χ2v) is 9.27. The predicted octanol–water partition coefficient (Wildman–Crippen LogP) is 3.04. The Morgan fingerprint density at radius 1 is 0.966 bits per heavy atom. The topological polar surface area (TPSA) is 119 Å². The van der Waals surface area contributed by atoms with E-state index in [-0.39, 0.29) is 26.3 Å². The predicted molar refractivity (Wildman–Crippen MR) is 110 cm³/mol. The molecule has 150 valence electrons. The maximum atomic E-state index is 12.7. The number of carbonyl (C=O) groups excluding carboxylic acids is 3. The average molecular weight is 544 g/mol. The molecule has 8 nitrogen and oxygen atoms in total. The van der Waals surface area contributed by atoms with Gasteiger partial charge in [0.05, 0.1) is 4.47 Å². The van der Waals surface area contributed by atoms with Gasteiger partial charge in [-0.3, -0.25) is 20.2 Å². The van der Waals surface area contributed by atoms with Crippen molar-refractivity contribution in [2.45, 2.75) is 11.8 Å². The first-order valence-electron chi connectivity index (χ1n) is 7.95. The van der Waals surface area contributed by atoms with Gasteiger partial charge in [0.15, 0.2) is 5.75 Å². The molecular formula is C18H12Br2N2O6S. The summed E-state index contributed by atoms with van der Waals surface area (Å²) in [5.41, 5.74) is 0.617. The molecule has 0 unspecified atom stereocenters. The first-order valence-corrected chi connectivity index (χ1v) is 10.9. The summed E-state index contributed by atoms with van der Waals surface area (Å²) >= 11 is 6.50. The van der Waals surface area contributed by atoms with Gasteiger partial charge in [-0.25, -0.2) is 4.79 Å². The van der Waals surface area contributed by atoms with Crippen molar-refractivity contribution < 1.29 is 27.0 Å². The quantitative estimate of drug-likeness (QED) is 0.347. The summed E-state index contributed by atoms with van der Waals surface area (Å²) in [6.45, 7) is 1.82. The fraction of sp³-hybridized carbons (Fsp3) is 0.0556. The van der Waals surface area contributed by atoms with E-state index in [9.17, 15) is 22.8 Å². The smallest absolute Gasteiger partial charge is 0.339 e. The zero-order chi connectivity index (χ0) is 21.3. The highest BCUT2D eigenvalue weighted by atomic mass is 79.9.